The van der Waals surface area contributed by atoms with Gasteiger partial charge < -0.3 is 15.1 Å². The Morgan fingerprint density at radius 3 is 2.94 bits per heavy atom. The second kappa shape index (κ2) is 5.66. The van der Waals surface area contributed by atoms with Crippen LogP contribution >= 0.6 is 0 Å². The Morgan fingerprint density at radius 2 is 2.22 bits per heavy atom. The first-order valence-corrected chi connectivity index (χ1v) is 6.25. The molecule has 0 spiro atoms. The molecule has 0 atom stereocenters. The number of likely N-dealkylation sites (N-methyl/N-ethyl adjacent to an activating group) is 1. The zero-order chi connectivity index (χ0) is 13.0. The summed E-state index contributed by atoms with van der Waals surface area (Å²) in [4.78, 5) is 24.0. The molecule has 1 aromatic rings. The Morgan fingerprint density at radius 1 is 1.39 bits per heavy atom. The molecule has 1 N–H and O–H groups in total. The lowest BCUT2D eigenvalue weighted by Gasteiger charge is -2.32. The van der Waals surface area contributed by atoms with E-state index in [0.717, 1.165) is 37.7 Å². The molecule has 6 nitrogen and oxygen atoms in total. The first kappa shape index (κ1) is 12.6. The number of carbonyl (C=O) groups excluding carboxylic acids is 1. The van der Waals surface area contributed by atoms with E-state index in [4.69, 9.17) is 0 Å². The van der Waals surface area contributed by atoms with Crippen molar-refractivity contribution in [3.8, 4) is 0 Å². The summed E-state index contributed by atoms with van der Waals surface area (Å²) in [5, 5.41) is 3.20. The van der Waals surface area contributed by atoms with Gasteiger partial charge in [-0.2, -0.15) is 0 Å². The summed E-state index contributed by atoms with van der Waals surface area (Å²) < 4.78 is 0. The highest BCUT2D eigenvalue weighted by atomic mass is 16.2. The van der Waals surface area contributed by atoms with E-state index >= 15 is 0 Å². The summed E-state index contributed by atoms with van der Waals surface area (Å²) in [6.07, 6.45) is 4.45. The van der Waals surface area contributed by atoms with Gasteiger partial charge >= 0.3 is 0 Å². The van der Waals surface area contributed by atoms with E-state index in [0.29, 0.717) is 6.54 Å². The molecule has 6 heteroatoms. The van der Waals surface area contributed by atoms with Crippen molar-refractivity contribution in [3.05, 3.63) is 12.4 Å². The van der Waals surface area contributed by atoms with E-state index in [2.05, 4.69) is 22.2 Å². The largest absolute Gasteiger partial charge is 0.369 e. The van der Waals surface area contributed by atoms with Gasteiger partial charge in [0.15, 0.2) is 0 Å². The number of hydrogen-bond acceptors (Lipinski definition) is 5. The first-order chi connectivity index (χ1) is 8.70. The highest BCUT2D eigenvalue weighted by molar-refractivity contribution is 5.82. The van der Waals surface area contributed by atoms with Crippen LogP contribution in [0.2, 0.25) is 0 Å². The van der Waals surface area contributed by atoms with Gasteiger partial charge in [-0.3, -0.25) is 9.78 Å². The molecular weight excluding hydrogens is 230 g/mol. The fraction of sp³-hybridized carbons (Fsp3) is 0.583. The summed E-state index contributed by atoms with van der Waals surface area (Å²) >= 11 is 0. The van der Waals surface area contributed by atoms with E-state index in [1.165, 1.54) is 0 Å². The molecule has 1 aliphatic heterocycles. The van der Waals surface area contributed by atoms with Gasteiger partial charge in [-0.1, -0.05) is 6.92 Å². The topological polar surface area (TPSA) is 61.4 Å². The van der Waals surface area contributed by atoms with Gasteiger partial charge in [0.05, 0.1) is 18.9 Å². The zero-order valence-electron chi connectivity index (χ0n) is 10.9. The van der Waals surface area contributed by atoms with Gasteiger partial charge in [-0.05, 0) is 6.42 Å². The minimum absolute atomic E-state index is 0.120. The molecule has 0 unspecified atom stereocenters. The lowest BCUT2D eigenvalue weighted by molar-refractivity contribution is -0.129. The molecule has 2 rings (SSSR count). The fourth-order valence-electron chi connectivity index (χ4n) is 1.80. The van der Waals surface area contributed by atoms with E-state index in [1.807, 2.05) is 11.9 Å². The maximum Gasteiger partial charge on any atom is 0.241 e. The summed E-state index contributed by atoms with van der Waals surface area (Å²) in [7, 11) is 1.82. The third kappa shape index (κ3) is 2.88. The predicted octanol–water partition coefficient (Wildman–Crippen LogP) is 0.577. The molecule has 0 aliphatic carbocycles. The third-order valence-corrected chi connectivity index (χ3v) is 2.96. The van der Waals surface area contributed by atoms with Crippen LogP contribution in [-0.2, 0) is 4.79 Å². The Bertz CT molecular complexity index is 423. The standard InChI is InChI=1S/C12H19N5O/c1-3-4-14-10-7-13-8-11(15-10)17-6-5-16(2)12(18)9-17/h7-8H,3-6,9H2,1-2H3,(H,14,15). The first-order valence-electron chi connectivity index (χ1n) is 6.25. The summed E-state index contributed by atoms with van der Waals surface area (Å²) in [6, 6.07) is 0. The molecular formula is C12H19N5O. The van der Waals surface area contributed by atoms with Crippen LogP contribution in [0.5, 0.6) is 0 Å². The molecule has 0 saturated carbocycles. The summed E-state index contributed by atoms with van der Waals surface area (Å²) in [5.41, 5.74) is 0. The Balaban J connectivity index is 2.06. The van der Waals surface area contributed by atoms with Gasteiger partial charge in [0.2, 0.25) is 5.91 Å². The lowest BCUT2D eigenvalue weighted by atomic mass is 10.3. The predicted molar refractivity (Wildman–Crippen MR) is 70.7 cm³/mol. The van der Waals surface area contributed by atoms with Gasteiger partial charge in [0, 0.05) is 26.7 Å². The zero-order valence-corrected chi connectivity index (χ0v) is 10.9. The number of aromatic nitrogens is 2. The van der Waals surface area contributed by atoms with Crippen molar-refractivity contribution in [2.24, 2.45) is 0 Å². The van der Waals surface area contributed by atoms with Gasteiger partial charge in [0.25, 0.3) is 0 Å². The minimum atomic E-state index is 0.120. The quantitative estimate of drug-likeness (QED) is 0.845. The molecule has 0 radical (unpaired) electrons. The SMILES string of the molecule is CCCNc1cncc(N2CCN(C)C(=O)C2)n1. The molecule has 1 saturated heterocycles. The van der Waals surface area contributed by atoms with Crippen LogP contribution in [-0.4, -0.2) is 54.0 Å². The van der Waals surface area contributed by atoms with E-state index in [-0.39, 0.29) is 5.91 Å². The molecule has 0 bridgehead atoms. The van der Waals surface area contributed by atoms with Crippen LogP contribution in [0.1, 0.15) is 13.3 Å². The van der Waals surface area contributed by atoms with E-state index in [1.54, 1.807) is 17.3 Å². The highest BCUT2D eigenvalue weighted by Gasteiger charge is 2.22. The van der Waals surface area contributed by atoms with Crippen LogP contribution in [0.3, 0.4) is 0 Å². The van der Waals surface area contributed by atoms with Crippen molar-refractivity contribution in [1.29, 1.82) is 0 Å². The van der Waals surface area contributed by atoms with Crippen molar-refractivity contribution in [1.82, 2.24) is 14.9 Å². The summed E-state index contributed by atoms with van der Waals surface area (Å²) in [6.45, 7) is 4.88. The molecule has 18 heavy (non-hydrogen) atoms. The van der Waals surface area contributed by atoms with Crippen LogP contribution in [0, 0.1) is 0 Å². The maximum atomic E-state index is 11.7. The average molecular weight is 249 g/mol. The second-order valence-corrected chi connectivity index (χ2v) is 4.43. The maximum absolute atomic E-state index is 11.7. The van der Waals surface area contributed by atoms with Crippen molar-refractivity contribution < 1.29 is 4.79 Å². The van der Waals surface area contributed by atoms with Crippen molar-refractivity contribution in [2.45, 2.75) is 13.3 Å². The molecule has 1 aliphatic rings. The van der Waals surface area contributed by atoms with Crippen molar-refractivity contribution in [3.63, 3.8) is 0 Å². The van der Waals surface area contributed by atoms with Crippen LogP contribution in [0.25, 0.3) is 0 Å². The fourth-order valence-corrected chi connectivity index (χ4v) is 1.80. The molecule has 1 fully saturated rings. The van der Waals surface area contributed by atoms with Crippen LogP contribution in [0.4, 0.5) is 11.6 Å². The van der Waals surface area contributed by atoms with Crippen molar-refractivity contribution >= 4 is 17.5 Å². The molecule has 98 valence electrons. The van der Waals surface area contributed by atoms with E-state index in [9.17, 15) is 4.79 Å². The molecule has 1 aromatic heterocycles. The minimum Gasteiger partial charge on any atom is -0.369 e. The van der Waals surface area contributed by atoms with Gasteiger partial charge in [-0.15, -0.1) is 0 Å². The number of carbonyl (C=O) groups is 1. The number of rotatable bonds is 4. The van der Waals surface area contributed by atoms with Crippen LogP contribution in [0.15, 0.2) is 12.4 Å². The number of piperazine rings is 1. The molecule has 0 aromatic carbocycles. The third-order valence-electron chi connectivity index (χ3n) is 2.96. The van der Waals surface area contributed by atoms with Crippen molar-refractivity contribution in [2.75, 3.05) is 43.4 Å². The summed E-state index contributed by atoms with van der Waals surface area (Å²) in [5.74, 6) is 1.65. The van der Waals surface area contributed by atoms with Gasteiger partial charge in [0.1, 0.15) is 11.6 Å². The smallest absolute Gasteiger partial charge is 0.241 e. The number of nitrogens with one attached hydrogen (secondary N) is 1. The Hall–Kier alpha value is -1.85. The van der Waals surface area contributed by atoms with Gasteiger partial charge in [-0.25, -0.2) is 4.98 Å². The number of hydrogen-bond donors (Lipinski definition) is 1. The molecule has 2 heterocycles. The molecule has 1 amide bonds. The lowest BCUT2D eigenvalue weighted by Crippen LogP contribution is -2.48. The Labute approximate surface area is 107 Å². The second-order valence-electron chi connectivity index (χ2n) is 4.43. The van der Waals surface area contributed by atoms with Crippen LogP contribution < -0.4 is 10.2 Å². The Kier molecular flexibility index (Phi) is 3.96. The van der Waals surface area contributed by atoms with E-state index < -0.39 is 0 Å². The normalized spacial score (nSPS) is 16.0. The number of amides is 1. The highest BCUT2D eigenvalue weighted by Crippen LogP contribution is 2.14. The number of nitrogens with zero attached hydrogens (tertiary/aromatic N) is 4. The average Bonchev–Trinajstić information content (AvgIpc) is 2.40. The number of anilines is 2. The monoisotopic (exact) mass is 249 g/mol.